The standard InChI is InChI=1S/C16H16O4S/c1-10-7-8-11(13(9-10)19-2)20-12-5-4-6-14(21-3)15(12)16(17)18/h4-9H,1-3H3,(H,17,18). The second-order valence-corrected chi connectivity index (χ2v) is 5.24. The van der Waals surface area contributed by atoms with Gasteiger partial charge < -0.3 is 14.6 Å². The highest BCUT2D eigenvalue weighted by Crippen LogP contribution is 2.36. The van der Waals surface area contributed by atoms with E-state index in [-0.39, 0.29) is 5.56 Å². The second-order valence-electron chi connectivity index (χ2n) is 4.39. The smallest absolute Gasteiger partial charge is 0.340 e. The van der Waals surface area contributed by atoms with E-state index in [1.54, 1.807) is 31.4 Å². The molecule has 0 aliphatic rings. The number of hydrogen-bond acceptors (Lipinski definition) is 4. The SMILES string of the molecule is COc1cc(C)ccc1Oc1cccc(SC)c1C(=O)O. The lowest BCUT2D eigenvalue weighted by Gasteiger charge is -2.14. The van der Waals surface area contributed by atoms with Crippen LogP contribution in [-0.2, 0) is 0 Å². The van der Waals surface area contributed by atoms with Gasteiger partial charge in [0.1, 0.15) is 11.3 Å². The zero-order valence-corrected chi connectivity index (χ0v) is 12.9. The van der Waals surface area contributed by atoms with Crippen molar-refractivity contribution in [1.82, 2.24) is 0 Å². The fraction of sp³-hybridized carbons (Fsp3) is 0.188. The van der Waals surface area contributed by atoms with E-state index in [9.17, 15) is 9.90 Å². The van der Waals surface area contributed by atoms with Crippen molar-refractivity contribution in [1.29, 1.82) is 0 Å². The summed E-state index contributed by atoms with van der Waals surface area (Å²) in [5.74, 6) is 0.349. The first-order chi connectivity index (χ1) is 10.1. The lowest BCUT2D eigenvalue weighted by atomic mass is 10.2. The normalized spacial score (nSPS) is 10.2. The van der Waals surface area contributed by atoms with E-state index >= 15 is 0 Å². The van der Waals surface area contributed by atoms with Gasteiger partial charge >= 0.3 is 5.97 Å². The van der Waals surface area contributed by atoms with Crippen LogP contribution in [0.2, 0.25) is 0 Å². The number of carboxylic acid groups (broad SMARTS) is 1. The van der Waals surface area contributed by atoms with Gasteiger partial charge in [0.15, 0.2) is 11.5 Å². The summed E-state index contributed by atoms with van der Waals surface area (Å²) in [4.78, 5) is 12.1. The van der Waals surface area contributed by atoms with Gasteiger partial charge in [-0.05, 0) is 43.0 Å². The van der Waals surface area contributed by atoms with Crippen molar-refractivity contribution in [3.8, 4) is 17.2 Å². The van der Waals surface area contributed by atoms with Gasteiger partial charge in [0.05, 0.1) is 7.11 Å². The van der Waals surface area contributed by atoms with Gasteiger partial charge in [-0.25, -0.2) is 4.79 Å². The molecule has 0 fully saturated rings. The molecule has 2 aromatic rings. The van der Waals surface area contributed by atoms with Crippen LogP contribution >= 0.6 is 11.8 Å². The molecule has 0 amide bonds. The zero-order valence-electron chi connectivity index (χ0n) is 12.0. The Morgan fingerprint density at radius 3 is 2.52 bits per heavy atom. The molecule has 0 bridgehead atoms. The molecule has 0 heterocycles. The third-order valence-corrected chi connectivity index (χ3v) is 3.74. The summed E-state index contributed by atoms with van der Waals surface area (Å²) in [5.41, 5.74) is 1.20. The molecule has 0 atom stereocenters. The molecule has 0 unspecified atom stereocenters. The van der Waals surface area contributed by atoms with Crippen molar-refractivity contribution in [2.45, 2.75) is 11.8 Å². The average Bonchev–Trinajstić information content (AvgIpc) is 2.48. The number of ether oxygens (including phenoxy) is 2. The summed E-state index contributed by atoms with van der Waals surface area (Å²) in [5, 5.41) is 9.40. The minimum atomic E-state index is -1.01. The number of carboxylic acids is 1. The van der Waals surface area contributed by atoms with Crippen molar-refractivity contribution >= 4 is 17.7 Å². The Kier molecular flexibility index (Phi) is 4.75. The van der Waals surface area contributed by atoms with Gasteiger partial charge in [-0.2, -0.15) is 0 Å². The average molecular weight is 304 g/mol. The number of thioether (sulfide) groups is 1. The quantitative estimate of drug-likeness (QED) is 0.838. The van der Waals surface area contributed by atoms with E-state index in [4.69, 9.17) is 9.47 Å². The first-order valence-electron chi connectivity index (χ1n) is 6.29. The molecule has 0 aliphatic heterocycles. The highest BCUT2D eigenvalue weighted by atomic mass is 32.2. The Morgan fingerprint density at radius 2 is 1.90 bits per heavy atom. The van der Waals surface area contributed by atoms with Crippen molar-refractivity contribution < 1.29 is 19.4 Å². The van der Waals surface area contributed by atoms with Crippen LogP contribution in [0.15, 0.2) is 41.3 Å². The van der Waals surface area contributed by atoms with E-state index in [0.717, 1.165) is 5.56 Å². The van der Waals surface area contributed by atoms with Crippen molar-refractivity contribution in [2.24, 2.45) is 0 Å². The summed E-state index contributed by atoms with van der Waals surface area (Å²) >= 11 is 1.37. The molecule has 2 rings (SSSR count). The lowest BCUT2D eigenvalue weighted by molar-refractivity contribution is 0.0690. The van der Waals surface area contributed by atoms with Crippen LogP contribution in [0.1, 0.15) is 15.9 Å². The van der Waals surface area contributed by atoms with Crippen LogP contribution < -0.4 is 9.47 Å². The highest BCUT2D eigenvalue weighted by Gasteiger charge is 2.18. The predicted octanol–water partition coefficient (Wildman–Crippen LogP) is 4.22. The number of benzene rings is 2. The van der Waals surface area contributed by atoms with Crippen LogP contribution in [0.4, 0.5) is 0 Å². The third-order valence-electron chi connectivity index (χ3n) is 2.96. The first-order valence-corrected chi connectivity index (χ1v) is 7.52. The van der Waals surface area contributed by atoms with Crippen molar-refractivity contribution in [3.05, 3.63) is 47.5 Å². The van der Waals surface area contributed by atoms with Gasteiger partial charge in [-0.15, -0.1) is 11.8 Å². The maximum absolute atomic E-state index is 11.5. The van der Waals surface area contributed by atoms with Gasteiger partial charge in [-0.3, -0.25) is 0 Å². The molecule has 1 N–H and O–H groups in total. The molecule has 0 radical (unpaired) electrons. The number of carbonyl (C=O) groups is 1. The van der Waals surface area contributed by atoms with Crippen LogP contribution in [0.5, 0.6) is 17.2 Å². The largest absolute Gasteiger partial charge is 0.493 e. The minimum Gasteiger partial charge on any atom is -0.493 e. The van der Waals surface area contributed by atoms with Crippen LogP contribution in [0.3, 0.4) is 0 Å². The molecule has 0 spiro atoms. The van der Waals surface area contributed by atoms with Gasteiger partial charge in [0.2, 0.25) is 0 Å². The maximum atomic E-state index is 11.5. The Morgan fingerprint density at radius 1 is 1.14 bits per heavy atom. The Hall–Kier alpha value is -2.14. The second kappa shape index (κ2) is 6.54. The monoisotopic (exact) mass is 304 g/mol. The summed E-state index contributed by atoms with van der Waals surface area (Å²) in [7, 11) is 1.55. The number of aromatic carboxylic acids is 1. The summed E-state index contributed by atoms with van der Waals surface area (Å²) < 4.78 is 11.0. The number of aryl methyl sites for hydroxylation is 1. The number of methoxy groups -OCH3 is 1. The Balaban J connectivity index is 2.47. The minimum absolute atomic E-state index is 0.160. The Labute approximate surface area is 127 Å². The predicted molar refractivity (Wildman–Crippen MR) is 83.0 cm³/mol. The molecule has 0 aromatic heterocycles. The molecule has 4 nitrogen and oxygen atoms in total. The maximum Gasteiger partial charge on any atom is 0.340 e. The van der Waals surface area contributed by atoms with Crippen molar-refractivity contribution in [3.63, 3.8) is 0 Å². The third kappa shape index (κ3) is 3.31. The van der Waals surface area contributed by atoms with Gasteiger partial charge in [0, 0.05) is 4.90 Å². The summed E-state index contributed by atoms with van der Waals surface area (Å²) in [6, 6.07) is 10.7. The van der Waals surface area contributed by atoms with E-state index in [1.165, 1.54) is 11.8 Å². The van der Waals surface area contributed by atoms with Crippen LogP contribution in [0.25, 0.3) is 0 Å². The molecule has 0 saturated carbocycles. The molecule has 110 valence electrons. The van der Waals surface area contributed by atoms with E-state index in [0.29, 0.717) is 22.1 Å². The zero-order chi connectivity index (χ0) is 15.4. The van der Waals surface area contributed by atoms with E-state index in [1.807, 2.05) is 25.3 Å². The fourth-order valence-corrected chi connectivity index (χ4v) is 2.56. The van der Waals surface area contributed by atoms with Gasteiger partial charge in [0.25, 0.3) is 0 Å². The van der Waals surface area contributed by atoms with Gasteiger partial charge in [-0.1, -0.05) is 12.1 Å². The molecular weight excluding hydrogens is 288 g/mol. The van der Waals surface area contributed by atoms with Crippen molar-refractivity contribution in [2.75, 3.05) is 13.4 Å². The molecule has 0 aliphatic carbocycles. The van der Waals surface area contributed by atoms with E-state index in [2.05, 4.69) is 0 Å². The molecule has 2 aromatic carbocycles. The number of hydrogen-bond donors (Lipinski definition) is 1. The first kappa shape index (κ1) is 15.3. The van der Waals surface area contributed by atoms with Crippen LogP contribution in [-0.4, -0.2) is 24.4 Å². The van der Waals surface area contributed by atoms with Crippen LogP contribution in [0, 0.1) is 6.92 Å². The fourth-order valence-electron chi connectivity index (χ4n) is 1.95. The molecule has 0 saturated heterocycles. The topological polar surface area (TPSA) is 55.8 Å². The summed E-state index contributed by atoms with van der Waals surface area (Å²) in [6.07, 6.45) is 1.83. The van der Waals surface area contributed by atoms with E-state index < -0.39 is 5.97 Å². The molecular formula is C16H16O4S. The lowest BCUT2D eigenvalue weighted by Crippen LogP contribution is -2.02. The molecule has 5 heteroatoms. The Bertz CT molecular complexity index is 667. The highest BCUT2D eigenvalue weighted by molar-refractivity contribution is 7.98. The number of rotatable bonds is 5. The summed E-state index contributed by atoms with van der Waals surface area (Å²) in [6.45, 7) is 1.95. The molecule has 21 heavy (non-hydrogen) atoms.